The molecular weight excluding hydrogens is 321 g/mol. The van der Waals surface area contributed by atoms with Gasteiger partial charge in [-0.15, -0.1) is 0 Å². The van der Waals surface area contributed by atoms with E-state index >= 15 is 0 Å². The molecular formula is C21H32BN3O. The maximum atomic E-state index is 12.1. The molecule has 0 atom stereocenters. The zero-order chi connectivity index (χ0) is 19.3. The fraction of sp³-hybridized carbons (Fsp3) is 0.619. The second-order valence-electron chi connectivity index (χ2n) is 7.72. The average molecular weight is 353 g/mol. The molecule has 0 spiro atoms. The van der Waals surface area contributed by atoms with Gasteiger partial charge in [0.25, 0.3) is 0 Å². The van der Waals surface area contributed by atoms with E-state index in [0.29, 0.717) is 5.92 Å². The van der Waals surface area contributed by atoms with Crippen LogP contribution in [0.4, 0.5) is 0 Å². The minimum absolute atomic E-state index is 0.0823. The number of aromatic nitrogens is 1. The van der Waals surface area contributed by atoms with Gasteiger partial charge in [0.1, 0.15) is 7.85 Å². The van der Waals surface area contributed by atoms with Crippen LogP contribution in [0.2, 0.25) is 0 Å². The van der Waals surface area contributed by atoms with E-state index in [1.54, 1.807) is 0 Å². The molecule has 5 heteroatoms. The van der Waals surface area contributed by atoms with Crippen LogP contribution in [0.25, 0.3) is 6.08 Å². The third-order valence-corrected chi connectivity index (χ3v) is 5.27. The number of carbonyl (C=O) groups excluding carboxylic acids is 1. The molecule has 0 aromatic carbocycles. The number of hydrogen-bond acceptors (Lipinski definition) is 3. The van der Waals surface area contributed by atoms with Crippen molar-refractivity contribution in [2.24, 2.45) is 11.8 Å². The van der Waals surface area contributed by atoms with Crippen molar-refractivity contribution in [3.05, 3.63) is 29.2 Å². The van der Waals surface area contributed by atoms with Gasteiger partial charge in [-0.05, 0) is 56.9 Å². The molecule has 0 unspecified atom stereocenters. The molecule has 0 saturated carbocycles. The smallest absolute Gasteiger partial charge is 0.225 e. The maximum absolute atomic E-state index is 12.1. The molecule has 0 N–H and O–H groups in total. The number of rotatable bonds is 6. The lowest BCUT2D eigenvalue weighted by Crippen LogP contribution is -2.41. The van der Waals surface area contributed by atoms with Crippen LogP contribution in [0.5, 0.6) is 0 Å². The first kappa shape index (κ1) is 20.5. The highest BCUT2D eigenvalue weighted by Crippen LogP contribution is 2.22. The molecule has 0 aliphatic carbocycles. The Hall–Kier alpha value is -1.78. The second kappa shape index (κ2) is 9.25. The van der Waals surface area contributed by atoms with E-state index in [1.807, 2.05) is 38.8 Å². The van der Waals surface area contributed by atoms with E-state index in [1.165, 1.54) is 0 Å². The normalized spacial score (nSPS) is 15.8. The van der Waals surface area contributed by atoms with Gasteiger partial charge in [-0.3, -0.25) is 9.78 Å². The Labute approximate surface area is 160 Å². The van der Waals surface area contributed by atoms with Gasteiger partial charge in [-0.25, -0.2) is 0 Å². The summed E-state index contributed by atoms with van der Waals surface area (Å²) in [6.07, 6.45) is 7.09. The van der Waals surface area contributed by atoms with E-state index in [2.05, 4.69) is 24.1 Å². The first-order valence-electron chi connectivity index (χ1n) is 9.75. The maximum Gasteiger partial charge on any atom is 0.225 e. The van der Waals surface area contributed by atoms with Gasteiger partial charge in [-0.1, -0.05) is 25.4 Å². The van der Waals surface area contributed by atoms with Crippen LogP contribution in [-0.2, 0) is 11.2 Å². The monoisotopic (exact) mass is 353 g/mol. The first-order valence-corrected chi connectivity index (χ1v) is 9.75. The lowest BCUT2D eigenvalue weighted by molar-refractivity contribution is -0.135. The van der Waals surface area contributed by atoms with Gasteiger partial charge < -0.3 is 9.80 Å². The molecule has 0 bridgehead atoms. The van der Waals surface area contributed by atoms with Gasteiger partial charge in [0.2, 0.25) is 5.91 Å². The zero-order valence-corrected chi connectivity index (χ0v) is 17.0. The van der Waals surface area contributed by atoms with Gasteiger partial charge in [0, 0.05) is 44.0 Å². The third-order valence-electron chi connectivity index (χ3n) is 5.27. The minimum Gasteiger partial charge on any atom is -0.381 e. The van der Waals surface area contributed by atoms with Crippen molar-refractivity contribution in [1.29, 1.82) is 0 Å². The standard InChI is InChI=1S/C21H32BN3O/c1-6-24(5)10-9-18-14-19(22)20(23-16(18)4)13-17-7-11-25(12-8-17)21(26)15(2)3/h9-10,14-15,17H,6-8,11-13H2,1-5H3/b10-9+. The number of pyridine rings is 1. The fourth-order valence-corrected chi connectivity index (χ4v) is 3.33. The average Bonchev–Trinajstić information content (AvgIpc) is 2.62. The number of aryl methyl sites for hydroxylation is 1. The molecule has 140 valence electrons. The molecule has 1 aromatic rings. The van der Waals surface area contributed by atoms with Crippen molar-refractivity contribution in [1.82, 2.24) is 14.8 Å². The van der Waals surface area contributed by atoms with Crippen molar-refractivity contribution in [3.63, 3.8) is 0 Å². The third kappa shape index (κ3) is 5.36. The van der Waals surface area contributed by atoms with Gasteiger partial charge in [0.05, 0.1) is 0 Å². The molecule has 1 aliphatic heterocycles. The van der Waals surface area contributed by atoms with E-state index in [-0.39, 0.29) is 11.8 Å². The van der Waals surface area contributed by atoms with Gasteiger partial charge in [-0.2, -0.15) is 0 Å². The Morgan fingerprint density at radius 3 is 2.65 bits per heavy atom. The zero-order valence-electron chi connectivity index (χ0n) is 17.0. The molecule has 1 fully saturated rings. The Balaban J connectivity index is 1.99. The van der Waals surface area contributed by atoms with Crippen LogP contribution in [0.15, 0.2) is 12.3 Å². The van der Waals surface area contributed by atoms with Crippen molar-refractivity contribution in [2.75, 3.05) is 26.7 Å². The van der Waals surface area contributed by atoms with Crippen LogP contribution in [-0.4, -0.2) is 55.2 Å². The van der Waals surface area contributed by atoms with Crippen LogP contribution >= 0.6 is 0 Å². The van der Waals surface area contributed by atoms with Crippen molar-refractivity contribution in [3.8, 4) is 0 Å². The highest BCUT2D eigenvalue weighted by Gasteiger charge is 2.25. The Kier molecular flexibility index (Phi) is 7.30. The summed E-state index contributed by atoms with van der Waals surface area (Å²) in [7, 11) is 8.34. The molecule has 1 aliphatic rings. The molecule has 1 saturated heterocycles. The van der Waals surface area contributed by atoms with Gasteiger partial charge in [0.15, 0.2) is 0 Å². The minimum atomic E-state index is 0.0823. The molecule has 2 rings (SSSR count). The summed E-state index contributed by atoms with van der Waals surface area (Å²) in [4.78, 5) is 21.0. The van der Waals surface area contributed by atoms with Crippen molar-refractivity contribution < 1.29 is 4.79 Å². The van der Waals surface area contributed by atoms with E-state index < -0.39 is 0 Å². The number of nitrogens with zero attached hydrogens (tertiary/aromatic N) is 3. The number of amides is 1. The van der Waals surface area contributed by atoms with E-state index in [0.717, 1.165) is 61.3 Å². The summed E-state index contributed by atoms with van der Waals surface area (Å²) in [5.41, 5.74) is 3.86. The van der Waals surface area contributed by atoms with Gasteiger partial charge >= 0.3 is 0 Å². The number of hydrogen-bond donors (Lipinski definition) is 0. The molecule has 1 amide bonds. The van der Waals surface area contributed by atoms with Crippen molar-refractivity contribution in [2.45, 2.75) is 47.0 Å². The highest BCUT2D eigenvalue weighted by atomic mass is 16.2. The lowest BCUT2D eigenvalue weighted by Gasteiger charge is -2.33. The first-order chi connectivity index (χ1) is 12.3. The SMILES string of the molecule is [B]c1cc(/C=C/N(C)CC)c(C)nc1CC1CCN(C(=O)C(C)C)CC1. The Morgan fingerprint density at radius 2 is 2.08 bits per heavy atom. The largest absolute Gasteiger partial charge is 0.381 e. The fourth-order valence-electron chi connectivity index (χ4n) is 3.33. The topological polar surface area (TPSA) is 36.4 Å². The molecule has 4 nitrogen and oxygen atoms in total. The van der Waals surface area contributed by atoms with E-state index in [4.69, 9.17) is 12.8 Å². The van der Waals surface area contributed by atoms with Crippen LogP contribution in [0.1, 0.15) is 50.6 Å². The molecule has 26 heavy (non-hydrogen) atoms. The molecule has 1 aromatic heterocycles. The predicted octanol–water partition coefficient (Wildman–Crippen LogP) is 2.54. The summed E-state index contributed by atoms with van der Waals surface area (Å²) >= 11 is 0. The number of piperidine rings is 1. The van der Waals surface area contributed by atoms with Crippen molar-refractivity contribution >= 4 is 25.3 Å². The predicted molar refractivity (Wildman–Crippen MR) is 110 cm³/mol. The van der Waals surface area contributed by atoms with Crippen LogP contribution < -0.4 is 5.46 Å². The van der Waals surface area contributed by atoms with Crippen LogP contribution in [0, 0.1) is 18.8 Å². The lowest BCUT2D eigenvalue weighted by atomic mass is 9.84. The number of carbonyl (C=O) groups is 1. The molecule has 2 heterocycles. The summed E-state index contributed by atoms with van der Waals surface area (Å²) in [5.74, 6) is 0.900. The highest BCUT2D eigenvalue weighted by molar-refractivity contribution is 6.33. The van der Waals surface area contributed by atoms with Crippen LogP contribution in [0.3, 0.4) is 0 Å². The summed E-state index contributed by atoms with van der Waals surface area (Å²) in [5, 5.41) is 0. The Morgan fingerprint density at radius 1 is 1.42 bits per heavy atom. The molecule has 2 radical (unpaired) electrons. The summed E-state index contributed by atoms with van der Waals surface area (Å²) in [6.45, 7) is 10.8. The van der Waals surface area contributed by atoms with E-state index in [9.17, 15) is 4.79 Å². The summed E-state index contributed by atoms with van der Waals surface area (Å²) in [6, 6.07) is 2.04. The Bertz CT molecular complexity index is 649. The quantitative estimate of drug-likeness (QED) is 0.738. The number of likely N-dealkylation sites (tertiary alicyclic amines) is 1. The second-order valence-corrected chi connectivity index (χ2v) is 7.72. The summed E-state index contributed by atoms with van der Waals surface area (Å²) < 4.78 is 0.